The smallest absolute Gasteiger partial charge is 0.278 e. The number of phenols is 1. The van der Waals surface area contributed by atoms with Crippen molar-refractivity contribution in [3.63, 3.8) is 0 Å². The van der Waals surface area contributed by atoms with Crippen LogP contribution in [-0.4, -0.2) is 22.6 Å². The second kappa shape index (κ2) is 6.28. The van der Waals surface area contributed by atoms with E-state index in [9.17, 15) is 9.90 Å². The van der Waals surface area contributed by atoms with Gasteiger partial charge in [0.15, 0.2) is 17.8 Å². The zero-order valence-electron chi connectivity index (χ0n) is 14.1. The summed E-state index contributed by atoms with van der Waals surface area (Å²) >= 11 is 0. The molecule has 1 atom stereocenters. The summed E-state index contributed by atoms with van der Waals surface area (Å²) in [5.74, 6) is 0.0330. The van der Waals surface area contributed by atoms with Crippen LogP contribution in [-0.2, 0) is 10.2 Å². The Kier molecular flexibility index (Phi) is 4.32. The zero-order valence-corrected chi connectivity index (χ0v) is 14.1. The molecule has 6 heteroatoms. The van der Waals surface area contributed by atoms with Crippen molar-refractivity contribution in [2.75, 3.05) is 11.9 Å². The van der Waals surface area contributed by atoms with Gasteiger partial charge in [-0.05, 0) is 36.0 Å². The van der Waals surface area contributed by atoms with Crippen LogP contribution in [0.25, 0.3) is 0 Å². The lowest BCUT2D eigenvalue weighted by atomic mass is 9.87. The summed E-state index contributed by atoms with van der Waals surface area (Å²) in [4.78, 5) is 16.6. The number of rotatable bonds is 3. The van der Waals surface area contributed by atoms with Crippen LogP contribution < -0.4 is 5.32 Å². The molecule has 0 aliphatic carbocycles. The Labute approximate surface area is 140 Å². The van der Waals surface area contributed by atoms with Gasteiger partial charge in [0.2, 0.25) is 0 Å². The van der Waals surface area contributed by atoms with Crippen LogP contribution in [0.3, 0.4) is 0 Å². The van der Waals surface area contributed by atoms with Crippen LogP contribution in [0.4, 0.5) is 5.69 Å². The first-order chi connectivity index (χ1) is 11.4. The van der Waals surface area contributed by atoms with Crippen LogP contribution in [0.2, 0.25) is 0 Å². The molecule has 1 fully saturated rings. The molecule has 1 aromatic carbocycles. The van der Waals surface area contributed by atoms with E-state index in [0.717, 1.165) is 18.4 Å². The van der Waals surface area contributed by atoms with Gasteiger partial charge in [0.05, 0.1) is 5.69 Å². The minimum Gasteiger partial charge on any atom is -0.506 e. The first-order valence-corrected chi connectivity index (χ1v) is 8.06. The highest BCUT2D eigenvalue weighted by molar-refractivity contribution is 6.04. The molecule has 2 heterocycles. The number of carbonyl (C=O) groups is 1. The number of nitrogens with zero attached hydrogens (tertiary/aromatic N) is 1. The number of hydrogen-bond donors (Lipinski definition) is 2. The van der Waals surface area contributed by atoms with Crippen molar-refractivity contribution in [1.29, 1.82) is 0 Å². The van der Waals surface area contributed by atoms with Crippen molar-refractivity contribution in [1.82, 2.24) is 4.98 Å². The van der Waals surface area contributed by atoms with Gasteiger partial charge in [0.1, 0.15) is 11.9 Å². The molecule has 128 valence electrons. The van der Waals surface area contributed by atoms with Gasteiger partial charge in [-0.3, -0.25) is 4.79 Å². The number of benzene rings is 1. The van der Waals surface area contributed by atoms with Crippen molar-refractivity contribution in [3.8, 4) is 5.75 Å². The van der Waals surface area contributed by atoms with Crippen molar-refractivity contribution in [2.45, 2.75) is 45.1 Å². The second-order valence-electron chi connectivity index (χ2n) is 7.00. The third kappa shape index (κ3) is 3.28. The summed E-state index contributed by atoms with van der Waals surface area (Å²) in [7, 11) is 0. The predicted molar refractivity (Wildman–Crippen MR) is 89.2 cm³/mol. The number of aromatic nitrogens is 1. The van der Waals surface area contributed by atoms with E-state index < -0.39 is 5.91 Å². The molecular weight excluding hydrogens is 308 g/mol. The summed E-state index contributed by atoms with van der Waals surface area (Å²) in [6.07, 6.45) is 2.75. The Morgan fingerprint density at radius 2 is 2.17 bits per heavy atom. The number of aromatic hydroxyl groups is 1. The Morgan fingerprint density at radius 1 is 1.38 bits per heavy atom. The van der Waals surface area contributed by atoms with Gasteiger partial charge in [-0.15, -0.1) is 0 Å². The van der Waals surface area contributed by atoms with Crippen LogP contribution in [0.15, 0.2) is 29.0 Å². The Morgan fingerprint density at radius 3 is 2.83 bits per heavy atom. The average Bonchev–Trinajstić information content (AvgIpc) is 3.18. The Hall–Kier alpha value is -2.34. The minimum absolute atomic E-state index is 0.0125. The second-order valence-corrected chi connectivity index (χ2v) is 7.00. The maximum absolute atomic E-state index is 12.6. The van der Waals surface area contributed by atoms with Gasteiger partial charge >= 0.3 is 0 Å². The summed E-state index contributed by atoms with van der Waals surface area (Å²) < 4.78 is 10.9. The predicted octanol–water partition coefficient (Wildman–Crippen LogP) is 3.78. The SMILES string of the molecule is CC(C)(C)c1ccc(O)c(NC(=O)c2ncoc2[C@H]2CCCO2)c1. The third-order valence-corrected chi connectivity index (χ3v) is 4.14. The number of ether oxygens (including phenoxy) is 1. The van der Waals surface area contributed by atoms with Crippen LogP contribution in [0, 0.1) is 0 Å². The largest absolute Gasteiger partial charge is 0.506 e. The van der Waals surface area contributed by atoms with Gasteiger partial charge in [0, 0.05) is 6.61 Å². The topological polar surface area (TPSA) is 84.6 Å². The van der Waals surface area contributed by atoms with Crippen molar-refractivity contribution < 1.29 is 19.1 Å². The molecule has 2 N–H and O–H groups in total. The Balaban J connectivity index is 1.84. The number of phenolic OH excluding ortho intramolecular Hbond substituents is 1. The molecule has 6 nitrogen and oxygen atoms in total. The first-order valence-electron chi connectivity index (χ1n) is 8.06. The van der Waals surface area contributed by atoms with E-state index in [4.69, 9.17) is 9.15 Å². The summed E-state index contributed by atoms with van der Waals surface area (Å²) in [6, 6.07) is 5.21. The van der Waals surface area contributed by atoms with Crippen LogP contribution >= 0.6 is 0 Å². The van der Waals surface area contributed by atoms with Gasteiger partial charge in [-0.2, -0.15) is 0 Å². The quantitative estimate of drug-likeness (QED) is 0.837. The van der Waals surface area contributed by atoms with Gasteiger partial charge in [-0.25, -0.2) is 4.98 Å². The van der Waals surface area contributed by atoms with E-state index in [-0.39, 0.29) is 23.0 Å². The molecule has 1 saturated heterocycles. The van der Waals surface area contributed by atoms with Crippen LogP contribution in [0.5, 0.6) is 5.75 Å². The van der Waals surface area contributed by atoms with E-state index in [1.54, 1.807) is 12.1 Å². The fraction of sp³-hybridized carbons (Fsp3) is 0.444. The summed E-state index contributed by atoms with van der Waals surface area (Å²) in [5, 5.41) is 12.8. The molecular formula is C18H22N2O4. The number of anilines is 1. The van der Waals surface area contributed by atoms with E-state index in [1.807, 2.05) is 6.07 Å². The molecule has 24 heavy (non-hydrogen) atoms. The lowest BCUT2D eigenvalue weighted by Gasteiger charge is -2.20. The van der Waals surface area contributed by atoms with Gasteiger partial charge < -0.3 is 19.6 Å². The lowest BCUT2D eigenvalue weighted by Crippen LogP contribution is -2.17. The lowest BCUT2D eigenvalue weighted by molar-refractivity contribution is 0.0889. The fourth-order valence-electron chi connectivity index (χ4n) is 2.72. The molecule has 1 amide bonds. The molecule has 1 aromatic heterocycles. The number of oxazole rings is 1. The number of carbonyl (C=O) groups excluding carboxylic acids is 1. The molecule has 0 bridgehead atoms. The molecule has 0 unspecified atom stereocenters. The summed E-state index contributed by atoms with van der Waals surface area (Å²) in [5.41, 5.74) is 1.47. The van der Waals surface area contributed by atoms with E-state index in [0.29, 0.717) is 18.1 Å². The van der Waals surface area contributed by atoms with Crippen molar-refractivity contribution in [3.05, 3.63) is 41.6 Å². The van der Waals surface area contributed by atoms with Crippen molar-refractivity contribution >= 4 is 11.6 Å². The molecule has 0 spiro atoms. The molecule has 0 radical (unpaired) electrons. The maximum Gasteiger partial charge on any atom is 0.278 e. The number of amides is 1. The zero-order chi connectivity index (χ0) is 17.3. The fourth-order valence-corrected chi connectivity index (χ4v) is 2.72. The van der Waals surface area contributed by atoms with Crippen molar-refractivity contribution in [2.24, 2.45) is 0 Å². The van der Waals surface area contributed by atoms with Gasteiger partial charge in [-0.1, -0.05) is 26.8 Å². The average molecular weight is 330 g/mol. The highest BCUT2D eigenvalue weighted by atomic mass is 16.5. The molecule has 0 saturated carbocycles. The van der Waals surface area contributed by atoms with E-state index in [1.165, 1.54) is 6.39 Å². The monoisotopic (exact) mass is 330 g/mol. The van der Waals surface area contributed by atoms with E-state index in [2.05, 4.69) is 31.1 Å². The highest BCUT2D eigenvalue weighted by Gasteiger charge is 2.28. The van der Waals surface area contributed by atoms with E-state index >= 15 is 0 Å². The number of hydrogen-bond acceptors (Lipinski definition) is 5. The molecule has 2 aromatic rings. The van der Waals surface area contributed by atoms with Crippen LogP contribution in [0.1, 0.15) is 61.5 Å². The normalized spacial score (nSPS) is 17.9. The highest BCUT2D eigenvalue weighted by Crippen LogP contribution is 2.33. The Bertz CT molecular complexity index is 740. The molecule has 1 aliphatic rings. The standard InChI is InChI=1S/C18H22N2O4/c1-18(2,3)11-6-7-13(21)12(9-11)20-17(22)15-16(24-10-19-15)14-5-4-8-23-14/h6-7,9-10,14,21H,4-5,8H2,1-3H3,(H,20,22)/t14-/m1/s1. The van der Waals surface area contributed by atoms with Gasteiger partial charge in [0.25, 0.3) is 5.91 Å². The molecule has 1 aliphatic heterocycles. The first kappa shape index (κ1) is 16.5. The third-order valence-electron chi connectivity index (χ3n) is 4.14. The number of nitrogens with one attached hydrogen (secondary N) is 1. The molecule has 3 rings (SSSR count). The summed E-state index contributed by atoms with van der Waals surface area (Å²) in [6.45, 7) is 6.86. The minimum atomic E-state index is -0.421. The maximum atomic E-state index is 12.6.